The van der Waals surface area contributed by atoms with Gasteiger partial charge in [0.2, 0.25) is 5.91 Å². The lowest BCUT2D eigenvalue weighted by Crippen LogP contribution is -2.19. The van der Waals surface area contributed by atoms with E-state index in [0.717, 1.165) is 8.87 Å². The molecule has 0 atom stereocenters. The summed E-state index contributed by atoms with van der Waals surface area (Å²) < 4.78 is 32.7. The second-order valence-electron chi connectivity index (χ2n) is 6.86. The molecule has 0 saturated carbocycles. The predicted octanol–water partition coefficient (Wildman–Crippen LogP) is 3.98. The molecule has 0 aliphatic carbocycles. The van der Waals surface area contributed by atoms with E-state index in [9.17, 15) is 18.0 Å². The minimum absolute atomic E-state index is 0.00322. The minimum Gasteiger partial charge on any atom is -0.465 e. The maximum atomic E-state index is 13.4. The van der Waals surface area contributed by atoms with Crippen LogP contribution in [0.3, 0.4) is 0 Å². The number of esters is 1. The van der Waals surface area contributed by atoms with Gasteiger partial charge in [-0.2, -0.15) is 0 Å². The number of nitrogens with zero attached hydrogens (tertiary/aromatic N) is 1. The van der Waals surface area contributed by atoms with Gasteiger partial charge in [0.1, 0.15) is 0 Å². The minimum atomic E-state index is -4.04. The number of amides is 1. The molecule has 9 heteroatoms. The fourth-order valence-electron chi connectivity index (χ4n) is 2.96. The molecular formula is C21H22N2O5S2. The molecule has 0 fully saturated rings. The molecule has 2 aromatic carbocycles. The summed E-state index contributed by atoms with van der Waals surface area (Å²) in [6, 6.07) is 11.3. The number of anilines is 1. The zero-order chi connectivity index (χ0) is 22.1. The van der Waals surface area contributed by atoms with Crippen LogP contribution in [0.2, 0.25) is 0 Å². The van der Waals surface area contributed by atoms with Crippen LogP contribution in [0.1, 0.15) is 24.2 Å². The highest BCUT2D eigenvalue weighted by Crippen LogP contribution is 2.31. The average molecular weight is 447 g/mol. The first-order chi connectivity index (χ1) is 14.2. The summed E-state index contributed by atoms with van der Waals surface area (Å²) in [6.45, 7) is 3.52. The van der Waals surface area contributed by atoms with Gasteiger partial charge in [-0.3, -0.25) is 4.79 Å². The van der Waals surface area contributed by atoms with E-state index >= 15 is 0 Å². The number of aromatic nitrogens is 1. The molecule has 158 valence electrons. The lowest BCUT2D eigenvalue weighted by molar-refractivity contribution is -0.118. The van der Waals surface area contributed by atoms with Gasteiger partial charge in [0.25, 0.3) is 10.0 Å². The second kappa shape index (κ2) is 8.53. The van der Waals surface area contributed by atoms with Crippen LogP contribution >= 0.6 is 11.8 Å². The Balaban J connectivity index is 2.17. The number of rotatable bonds is 6. The molecule has 0 saturated heterocycles. The summed E-state index contributed by atoms with van der Waals surface area (Å²) in [5.41, 5.74) is 0.942. The van der Waals surface area contributed by atoms with Crippen molar-refractivity contribution in [3.8, 4) is 0 Å². The molecule has 3 rings (SSSR count). The number of hydrogen-bond acceptors (Lipinski definition) is 6. The lowest BCUT2D eigenvalue weighted by atomic mass is 10.2. The highest BCUT2D eigenvalue weighted by Gasteiger charge is 2.25. The van der Waals surface area contributed by atoms with Gasteiger partial charge in [0.05, 0.1) is 28.8 Å². The van der Waals surface area contributed by atoms with Gasteiger partial charge in [-0.1, -0.05) is 32.0 Å². The summed E-state index contributed by atoms with van der Waals surface area (Å²) in [7, 11) is -2.80. The standard InChI is InChI=1S/C21H22N2O5S2/c1-13(2)20(24)22-17-11-14(9-10-19(17)29-4)30(26,27)23-12-16(21(25)28-3)15-7-5-6-8-18(15)23/h5-13H,1-4H3,(H,22,24). The topological polar surface area (TPSA) is 94.5 Å². The molecule has 1 heterocycles. The van der Waals surface area contributed by atoms with Crippen LogP contribution in [0, 0.1) is 5.92 Å². The highest BCUT2D eigenvalue weighted by molar-refractivity contribution is 7.98. The van der Waals surface area contributed by atoms with Crippen molar-refractivity contribution in [1.29, 1.82) is 0 Å². The quantitative estimate of drug-likeness (QED) is 0.455. The number of benzene rings is 2. The van der Waals surface area contributed by atoms with Gasteiger partial charge in [-0.05, 0) is 30.5 Å². The van der Waals surface area contributed by atoms with E-state index in [1.165, 1.54) is 37.2 Å². The van der Waals surface area contributed by atoms with Crippen molar-refractivity contribution < 1.29 is 22.7 Å². The average Bonchev–Trinajstić information content (AvgIpc) is 3.13. The van der Waals surface area contributed by atoms with Gasteiger partial charge in [-0.15, -0.1) is 11.8 Å². The maximum Gasteiger partial charge on any atom is 0.340 e. The van der Waals surface area contributed by atoms with Crippen LogP contribution in [-0.4, -0.2) is 37.6 Å². The van der Waals surface area contributed by atoms with E-state index in [-0.39, 0.29) is 22.3 Å². The van der Waals surface area contributed by atoms with Crippen molar-refractivity contribution >= 4 is 50.3 Å². The van der Waals surface area contributed by atoms with Gasteiger partial charge in [0, 0.05) is 22.4 Å². The normalized spacial score (nSPS) is 11.6. The molecule has 0 unspecified atom stereocenters. The smallest absolute Gasteiger partial charge is 0.340 e. The molecule has 30 heavy (non-hydrogen) atoms. The van der Waals surface area contributed by atoms with Gasteiger partial charge >= 0.3 is 5.97 Å². The van der Waals surface area contributed by atoms with Crippen molar-refractivity contribution in [2.45, 2.75) is 23.6 Å². The number of nitrogens with one attached hydrogen (secondary N) is 1. The third-order valence-corrected chi connectivity index (χ3v) is 7.06. The fraction of sp³-hybridized carbons (Fsp3) is 0.238. The number of thioether (sulfide) groups is 1. The first-order valence-electron chi connectivity index (χ1n) is 9.13. The third-order valence-electron chi connectivity index (χ3n) is 4.59. The van der Waals surface area contributed by atoms with Gasteiger partial charge in [0.15, 0.2) is 0 Å². The Hall–Kier alpha value is -2.78. The maximum absolute atomic E-state index is 13.4. The number of carbonyl (C=O) groups is 2. The van der Waals surface area contributed by atoms with E-state index in [1.807, 2.05) is 6.26 Å². The Kier molecular flexibility index (Phi) is 6.23. The zero-order valence-electron chi connectivity index (χ0n) is 17.0. The van der Waals surface area contributed by atoms with Crippen LogP contribution in [0.4, 0.5) is 5.69 Å². The lowest BCUT2D eigenvalue weighted by Gasteiger charge is -2.14. The monoisotopic (exact) mass is 446 g/mol. The van der Waals surface area contributed by atoms with Crippen molar-refractivity contribution in [1.82, 2.24) is 3.97 Å². The zero-order valence-corrected chi connectivity index (χ0v) is 18.6. The number of hydrogen-bond donors (Lipinski definition) is 1. The summed E-state index contributed by atoms with van der Waals surface area (Å²) in [5, 5.41) is 3.26. The van der Waals surface area contributed by atoms with Crippen molar-refractivity contribution in [2.24, 2.45) is 5.92 Å². The number of carbonyl (C=O) groups excluding carboxylic acids is 2. The van der Waals surface area contributed by atoms with E-state index in [0.29, 0.717) is 16.6 Å². The third kappa shape index (κ3) is 3.95. The summed E-state index contributed by atoms with van der Waals surface area (Å²) in [4.78, 5) is 25.1. The molecule has 7 nitrogen and oxygen atoms in total. The van der Waals surface area contributed by atoms with E-state index in [1.54, 1.807) is 44.2 Å². The summed E-state index contributed by atoms with van der Waals surface area (Å²) >= 11 is 1.40. The summed E-state index contributed by atoms with van der Waals surface area (Å²) in [5.74, 6) is -1.09. The molecule has 0 aliphatic rings. The number of ether oxygens (including phenoxy) is 1. The molecule has 0 spiro atoms. The van der Waals surface area contributed by atoms with Crippen LogP contribution in [0.25, 0.3) is 10.9 Å². The molecular weight excluding hydrogens is 424 g/mol. The number of para-hydroxylation sites is 1. The Bertz CT molecular complexity index is 1230. The van der Waals surface area contributed by atoms with Crippen LogP contribution in [0.5, 0.6) is 0 Å². The molecule has 0 radical (unpaired) electrons. The molecule has 0 bridgehead atoms. The summed E-state index contributed by atoms with van der Waals surface area (Å²) in [6.07, 6.45) is 3.11. The van der Waals surface area contributed by atoms with Crippen molar-refractivity contribution in [3.05, 3.63) is 54.2 Å². The first-order valence-corrected chi connectivity index (χ1v) is 11.8. The highest BCUT2D eigenvalue weighted by atomic mass is 32.2. The van der Waals surface area contributed by atoms with Crippen LogP contribution in [-0.2, 0) is 19.6 Å². The molecule has 1 N–H and O–H groups in total. The Labute approximate surface area is 179 Å². The number of fused-ring (bicyclic) bond motifs is 1. The van der Waals surface area contributed by atoms with Crippen molar-refractivity contribution in [3.63, 3.8) is 0 Å². The van der Waals surface area contributed by atoms with Gasteiger partial charge < -0.3 is 10.1 Å². The Morgan fingerprint density at radius 2 is 1.83 bits per heavy atom. The van der Waals surface area contributed by atoms with E-state index in [2.05, 4.69) is 5.32 Å². The molecule has 0 aliphatic heterocycles. The number of methoxy groups -OCH3 is 1. The van der Waals surface area contributed by atoms with Crippen LogP contribution in [0.15, 0.2) is 58.5 Å². The van der Waals surface area contributed by atoms with Gasteiger partial charge in [-0.25, -0.2) is 17.2 Å². The predicted molar refractivity (Wildman–Crippen MR) is 118 cm³/mol. The Morgan fingerprint density at radius 3 is 2.47 bits per heavy atom. The molecule has 1 amide bonds. The second-order valence-corrected chi connectivity index (χ2v) is 9.52. The first kappa shape index (κ1) is 21.9. The van der Waals surface area contributed by atoms with E-state index < -0.39 is 16.0 Å². The van der Waals surface area contributed by atoms with Crippen molar-refractivity contribution in [2.75, 3.05) is 18.7 Å². The fourth-order valence-corrected chi connectivity index (χ4v) is 4.89. The Morgan fingerprint density at radius 1 is 1.13 bits per heavy atom. The molecule has 1 aromatic heterocycles. The van der Waals surface area contributed by atoms with E-state index in [4.69, 9.17) is 4.74 Å². The molecule has 3 aromatic rings. The SMILES string of the molecule is COC(=O)c1cn(S(=O)(=O)c2ccc(SC)c(NC(=O)C(C)C)c2)c2ccccc12. The largest absolute Gasteiger partial charge is 0.465 e. The van der Waals surface area contributed by atoms with Crippen LogP contribution < -0.4 is 5.32 Å².